The SMILES string of the molecule is COc1cc(C)c(S(=O)(=O)N2CCCCC2COCC(=O)N2CCN(c3nc(-c4ccccc4)cs3)CC2)c(C)c1. The first-order valence-electron chi connectivity index (χ1n) is 14.1. The molecule has 2 aliphatic heterocycles. The minimum absolute atomic E-state index is 0.0552. The van der Waals surface area contributed by atoms with Gasteiger partial charge in [0.2, 0.25) is 15.9 Å². The molecule has 41 heavy (non-hydrogen) atoms. The first kappa shape index (κ1) is 29.5. The van der Waals surface area contributed by atoms with Crippen molar-refractivity contribution in [3.63, 3.8) is 0 Å². The van der Waals surface area contributed by atoms with Gasteiger partial charge in [-0.25, -0.2) is 13.4 Å². The van der Waals surface area contributed by atoms with Crippen molar-refractivity contribution in [1.29, 1.82) is 0 Å². The Hall–Kier alpha value is -2.99. The van der Waals surface area contributed by atoms with Crippen LogP contribution in [0, 0.1) is 13.8 Å². The molecule has 3 heterocycles. The fraction of sp³-hybridized carbons (Fsp3) is 0.467. The van der Waals surface area contributed by atoms with Gasteiger partial charge >= 0.3 is 0 Å². The maximum atomic E-state index is 13.8. The first-order chi connectivity index (χ1) is 19.8. The molecular formula is C30H38N4O5S2. The molecule has 0 spiro atoms. The monoisotopic (exact) mass is 598 g/mol. The van der Waals surface area contributed by atoms with Gasteiger partial charge in [0.15, 0.2) is 5.13 Å². The van der Waals surface area contributed by atoms with Gasteiger partial charge in [-0.05, 0) is 49.9 Å². The van der Waals surface area contributed by atoms with Gasteiger partial charge in [-0.3, -0.25) is 4.79 Å². The summed E-state index contributed by atoms with van der Waals surface area (Å²) in [7, 11) is -2.15. The van der Waals surface area contributed by atoms with Crippen molar-refractivity contribution in [3.05, 3.63) is 59.0 Å². The van der Waals surface area contributed by atoms with Crippen LogP contribution in [0.25, 0.3) is 11.3 Å². The number of aromatic nitrogens is 1. The van der Waals surface area contributed by atoms with E-state index >= 15 is 0 Å². The van der Waals surface area contributed by atoms with Crippen molar-refractivity contribution in [1.82, 2.24) is 14.2 Å². The van der Waals surface area contributed by atoms with Crippen molar-refractivity contribution in [3.8, 4) is 17.0 Å². The molecule has 2 fully saturated rings. The maximum absolute atomic E-state index is 13.8. The Labute approximate surface area is 246 Å². The van der Waals surface area contributed by atoms with Gasteiger partial charge in [-0.1, -0.05) is 36.8 Å². The number of nitrogens with zero attached hydrogens (tertiary/aromatic N) is 4. The Bertz CT molecular complexity index is 1430. The highest BCUT2D eigenvalue weighted by Gasteiger charge is 2.36. The molecular weight excluding hydrogens is 560 g/mol. The smallest absolute Gasteiger partial charge is 0.248 e. The van der Waals surface area contributed by atoms with Gasteiger partial charge in [0.05, 0.1) is 24.3 Å². The summed E-state index contributed by atoms with van der Waals surface area (Å²) < 4.78 is 40.3. The lowest BCUT2D eigenvalue weighted by Gasteiger charge is -2.36. The van der Waals surface area contributed by atoms with Crippen molar-refractivity contribution in [2.45, 2.75) is 44.0 Å². The number of anilines is 1. The molecule has 0 radical (unpaired) electrons. The Balaban J connectivity index is 1.14. The molecule has 0 bridgehead atoms. The highest BCUT2D eigenvalue weighted by Crippen LogP contribution is 2.32. The number of amides is 1. The Morgan fingerprint density at radius 2 is 1.73 bits per heavy atom. The van der Waals surface area contributed by atoms with Crippen LogP contribution in [-0.4, -0.2) is 87.6 Å². The summed E-state index contributed by atoms with van der Waals surface area (Å²) in [5.74, 6) is 0.571. The van der Waals surface area contributed by atoms with Crippen LogP contribution in [0.4, 0.5) is 5.13 Å². The lowest BCUT2D eigenvalue weighted by atomic mass is 10.1. The highest BCUT2D eigenvalue weighted by atomic mass is 32.2. The number of benzene rings is 2. The molecule has 1 aromatic heterocycles. The van der Waals surface area contributed by atoms with Gasteiger partial charge in [0, 0.05) is 49.7 Å². The van der Waals surface area contributed by atoms with E-state index in [2.05, 4.69) is 22.4 Å². The van der Waals surface area contributed by atoms with Crippen LogP contribution in [0.15, 0.2) is 52.7 Å². The van der Waals surface area contributed by atoms with Crippen molar-refractivity contribution >= 4 is 32.4 Å². The molecule has 1 atom stereocenters. The Kier molecular flexibility index (Phi) is 9.28. The van der Waals surface area contributed by atoms with E-state index < -0.39 is 10.0 Å². The third-order valence-electron chi connectivity index (χ3n) is 7.81. The molecule has 1 amide bonds. The van der Waals surface area contributed by atoms with Crippen LogP contribution in [0.2, 0.25) is 0 Å². The van der Waals surface area contributed by atoms with Crippen LogP contribution in [0.1, 0.15) is 30.4 Å². The van der Waals surface area contributed by atoms with E-state index in [1.165, 1.54) is 0 Å². The zero-order valence-electron chi connectivity index (χ0n) is 23.9. The molecule has 0 N–H and O–H groups in total. The molecule has 9 nitrogen and oxygen atoms in total. The number of hydrogen-bond donors (Lipinski definition) is 0. The number of ether oxygens (including phenoxy) is 2. The summed E-state index contributed by atoms with van der Waals surface area (Å²) in [6.07, 6.45) is 2.44. The third kappa shape index (κ3) is 6.58. The minimum Gasteiger partial charge on any atom is -0.497 e. The van der Waals surface area contributed by atoms with Crippen molar-refractivity contribution in [2.24, 2.45) is 0 Å². The topological polar surface area (TPSA) is 92.3 Å². The van der Waals surface area contributed by atoms with E-state index in [0.717, 1.165) is 29.2 Å². The number of hydrogen-bond acceptors (Lipinski definition) is 8. The van der Waals surface area contributed by atoms with Crippen LogP contribution < -0.4 is 9.64 Å². The predicted molar refractivity (Wildman–Crippen MR) is 161 cm³/mol. The van der Waals surface area contributed by atoms with Crippen LogP contribution >= 0.6 is 11.3 Å². The largest absolute Gasteiger partial charge is 0.497 e. The number of rotatable bonds is 9. The second kappa shape index (κ2) is 12.9. The van der Waals surface area contributed by atoms with Gasteiger partial charge in [0.1, 0.15) is 12.4 Å². The third-order valence-corrected chi connectivity index (χ3v) is 11.0. The maximum Gasteiger partial charge on any atom is 0.248 e. The van der Waals surface area contributed by atoms with E-state index in [4.69, 9.17) is 14.5 Å². The summed E-state index contributed by atoms with van der Waals surface area (Å²) in [6.45, 7) is 6.80. The number of carbonyl (C=O) groups is 1. The van der Waals surface area contributed by atoms with Gasteiger partial charge < -0.3 is 19.3 Å². The van der Waals surface area contributed by atoms with Gasteiger partial charge in [-0.2, -0.15) is 4.31 Å². The summed E-state index contributed by atoms with van der Waals surface area (Å²) in [5.41, 5.74) is 3.39. The summed E-state index contributed by atoms with van der Waals surface area (Å²) in [6, 6.07) is 13.3. The number of aryl methyl sites for hydroxylation is 2. The second-order valence-electron chi connectivity index (χ2n) is 10.6. The highest BCUT2D eigenvalue weighted by molar-refractivity contribution is 7.89. The van der Waals surface area contributed by atoms with E-state index in [1.807, 2.05) is 23.1 Å². The van der Waals surface area contributed by atoms with E-state index in [0.29, 0.717) is 60.9 Å². The average molecular weight is 599 g/mol. The lowest BCUT2D eigenvalue weighted by Crippen LogP contribution is -2.50. The fourth-order valence-electron chi connectivity index (χ4n) is 5.68. The van der Waals surface area contributed by atoms with E-state index in [-0.39, 0.29) is 25.2 Å². The summed E-state index contributed by atoms with van der Waals surface area (Å²) >= 11 is 1.62. The normalized spacial score (nSPS) is 18.5. The zero-order valence-corrected chi connectivity index (χ0v) is 25.5. The van der Waals surface area contributed by atoms with Crippen LogP contribution in [0.3, 0.4) is 0 Å². The Morgan fingerprint density at radius 1 is 1.02 bits per heavy atom. The number of thiazole rings is 1. The second-order valence-corrected chi connectivity index (χ2v) is 13.3. The van der Waals surface area contributed by atoms with Crippen molar-refractivity contribution < 1.29 is 22.7 Å². The lowest BCUT2D eigenvalue weighted by molar-refractivity contribution is -0.137. The fourth-order valence-corrected chi connectivity index (χ4v) is 8.66. The number of sulfonamides is 1. The van der Waals surface area contributed by atoms with Crippen LogP contribution in [0.5, 0.6) is 5.75 Å². The molecule has 5 rings (SSSR count). The summed E-state index contributed by atoms with van der Waals surface area (Å²) in [5, 5.41) is 3.04. The number of piperidine rings is 1. The minimum atomic E-state index is -3.73. The number of piperazine rings is 1. The molecule has 2 saturated heterocycles. The predicted octanol–water partition coefficient (Wildman–Crippen LogP) is 4.34. The molecule has 11 heteroatoms. The average Bonchev–Trinajstić information content (AvgIpc) is 3.48. The Morgan fingerprint density at radius 3 is 2.41 bits per heavy atom. The first-order valence-corrected chi connectivity index (χ1v) is 16.4. The standard InChI is InChI=1S/C30H38N4O5S2/c1-22-17-26(38-3)18-23(2)29(22)41(36,37)34-12-8-7-11-25(34)19-39-20-28(35)32-13-15-33(16-14-32)30-31-27(21-40-30)24-9-5-4-6-10-24/h4-6,9-10,17-18,21,25H,7-8,11-16,19-20H2,1-3H3. The molecule has 220 valence electrons. The van der Waals surface area contributed by atoms with E-state index in [9.17, 15) is 13.2 Å². The quantitative estimate of drug-likeness (QED) is 0.362. The zero-order chi connectivity index (χ0) is 29.0. The number of carbonyl (C=O) groups excluding carboxylic acids is 1. The molecule has 2 aromatic carbocycles. The molecule has 2 aliphatic rings. The van der Waals surface area contributed by atoms with Gasteiger partial charge in [0.25, 0.3) is 0 Å². The van der Waals surface area contributed by atoms with Crippen LogP contribution in [-0.2, 0) is 19.6 Å². The number of methoxy groups -OCH3 is 1. The molecule has 1 unspecified atom stereocenters. The van der Waals surface area contributed by atoms with Gasteiger partial charge in [-0.15, -0.1) is 11.3 Å². The van der Waals surface area contributed by atoms with E-state index in [1.54, 1.807) is 48.7 Å². The molecule has 3 aromatic rings. The summed E-state index contributed by atoms with van der Waals surface area (Å²) in [4.78, 5) is 22.1. The molecule has 0 saturated carbocycles. The van der Waals surface area contributed by atoms with Crippen molar-refractivity contribution in [2.75, 3.05) is 57.9 Å². The molecule has 0 aliphatic carbocycles.